The lowest BCUT2D eigenvalue weighted by Crippen LogP contribution is -2.06. The van der Waals surface area contributed by atoms with E-state index < -0.39 is 0 Å². The molecule has 0 spiro atoms. The van der Waals surface area contributed by atoms with Crippen molar-refractivity contribution in [3.63, 3.8) is 0 Å². The van der Waals surface area contributed by atoms with Gasteiger partial charge < -0.3 is 16.2 Å². The van der Waals surface area contributed by atoms with Crippen LogP contribution < -0.4 is 16.2 Å². The number of anilines is 2. The lowest BCUT2D eigenvalue weighted by molar-refractivity contribution is 0.413. The van der Waals surface area contributed by atoms with Crippen LogP contribution in [0, 0.1) is 25.2 Å². The van der Waals surface area contributed by atoms with Crippen LogP contribution >= 0.6 is 0 Å². The van der Waals surface area contributed by atoms with Crippen LogP contribution in [0.25, 0.3) is 11.3 Å². The van der Waals surface area contributed by atoms with Gasteiger partial charge in [0.25, 0.3) is 0 Å². The first-order chi connectivity index (χ1) is 9.47. The summed E-state index contributed by atoms with van der Waals surface area (Å²) in [4.78, 5) is 7.96. The number of methoxy groups -OCH3 is 1. The molecule has 0 aliphatic heterocycles. The second kappa shape index (κ2) is 5.05. The predicted octanol–water partition coefficient (Wildman–Crippen LogP) is 1.81. The topological polar surface area (TPSA) is 111 Å². The van der Waals surface area contributed by atoms with Crippen molar-refractivity contribution >= 4 is 11.8 Å². The highest BCUT2D eigenvalue weighted by atomic mass is 16.5. The number of aromatic nitrogens is 2. The van der Waals surface area contributed by atoms with Crippen molar-refractivity contribution in [1.82, 2.24) is 9.97 Å². The van der Waals surface area contributed by atoms with E-state index in [9.17, 15) is 5.26 Å². The number of hydrogen-bond donors (Lipinski definition) is 2. The maximum absolute atomic E-state index is 9.26. The van der Waals surface area contributed by atoms with Crippen molar-refractivity contribution in [2.75, 3.05) is 18.6 Å². The van der Waals surface area contributed by atoms with Crippen LogP contribution in [-0.4, -0.2) is 17.1 Å². The van der Waals surface area contributed by atoms with Gasteiger partial charge in [-0.05, 0) is 31.0 Å². The molecule has 20 heavy (non-hydrogen) atoms. The third-order valence-electron chi connectivity index (χ3n) is 2.94. The minimum Gasteiger partial charge on any atom is -0.496 e. The summed E-state index contributed by atoms with van der Waals surface area (Å²) in [6, 6.07) is 5.89. The lowest BCUT2D eigenvalue weighted by Gasteiger charge is -2.14. The molecule has 0 radical (unpaired) electrons. The highest BCUT2D eigenvalue weighted by Crippen LogP contribution is 2.36. The molecule has 0 unspecified atom stereocenters. The number of benzene rings is 1. The summed E-state index contributed by atoms with van der Waals surface area (Å²) >= 11 is 0. The van der Waals surface area contributed by atoms with Crippen LogP contribution in [0.2, 0.25) is 0 Å². The number of hydrogen-bond acceptors (Lipinski definition) is 6. The van der Waals surface area contributed by atoms with Gasteiger partial charge in [0.2, 0.25) is 5.95 Å². The quantitative estimate of drug-likeness (QED) is 0.860. The molecule has 1 aromatic carbocycles. The van der Waals surface area contributed by atoms with Crippen molar-refractivity contribution in [3.8, 4) is 23.1 Å². The fourth-order valence-corrected chi connectivity index (χ4v) is 2.20. The van der Waals surface area contributed by atoms with E-state index in [2.05, 4.69) is 9.97 Å². The lowest BCUT2D eigenvalue weighted by atomic mass is 10.00. The Morgan fingerprint density at radius 2 is 1.90 bits per heavy atom. The molecule has 2 aromatic rings. The van der Waals surface area contributed by atoms with E-state index in [0.29, 0.717) is 17.0 Å². The van der Waals surface area contributed by atoms with Gasteiger partial charge >= 0.3 is 0 Å². The zero-order chi connectivity index (χ0) is 14.9. The van der Waals surface area contributed by atoms with Crippen LogP contribution in [0.15, 0.2) is 12.1 Å². The van der Waals surface area contributed by atoms with E-state index in [1.165, 1.54) is 0 Å². The van der Waals surface area contributed by atoms with Gasteiger partial charge in [0.15, 0.2) is 0 Å². The van der Waals surface area contributed by atoms with E-state index >= 15 is 0 Å². The van der Waals surface area contributed by atoms with Gasteiger partial charge in [-0.2, -0.15) is 10.2 Å². The molecule has 4 N–H and O–H groups in total. The average Bonchev–Trinajstić information content (AvgIpc) is 2.37. The Balaban J connectivity index is 2.85. The first kappa shape index (κ1) is 13.6. The van der Waals surface area contributed by atoms with Gasteiger partial charge in [-0.1, -0.05) is 6.07 Å². The third kappa shape index (κ3) is 2.21. The maximum Gasteiger partial charge on any atom is 0.222 e. The van der Waals surface area contributed by atoms with Crippen LogP contribution in [0.3, 0.4) is 0 Å². The molecule has 6 heteroatoms. The SMILES string of the molecule is COc1c(C)cc(C)cc1-c1nc(N)nc(N)c1C#N. The molecule has 1 aromatic heterocycles. The smallest absolute Gasteiger partial charge is 0.222 e. The van der Waals surface area contributed by atoms with E-state index in [0.717, 1.165) is 11.1 Å². The summed E-state index contributed by atoms with van der Waals surface area (Å²) < 4.78 is 5.41. The first-order valence-corrected chi connectivity index (χ1v) is 5.96. The van der Waals surface area contributed by atoms with E-state index in [4.69, 9.17) is 16.2 Å². The molecule has 0 aliphatic rings. The van der Waals surface area contributed by atoms with Crippen LogP contribution in [-0.2, 0) is 0 Å². The maximum atomic E-state index is 9.26. The molecule has 2 rings (SSSR count). The van der Waals surface area contributed by atoms with Crippen molar-refractivity contribution in [2.24, 2.45) is 0 Å². The van der Waals surface area contributed by atoms with Crippen molar-refractivity contribution < 1.29 is 4.74 Å². The normalized spacial score (nSPS) is 10.1. The first-order valence-electron chi connectivity index (χ1n) is 5.96. The van der Waals surface area contributed by atoms with E-state index in [1.807, 2.05) is 32.0 Å². The molecule has 0 saturated heterocycles. The highest BCUT2D eigenvalue weighted by molar-refractivity contribution is 5.78. The summed E-state index contributed by atoms with van der Waals surface area (Å²) in [5, 5.41) is 9.26. The van der Waals surface area contributed by atoms with Crippen molar-refractivity contribution in [3.05, 3.63) is 28.8 Å². The zero-order valence-corrected chi connectivity index (χ0v) is 11.6. The minimum absolute atomic E-state index is 0.0257. The Hall–Kier alpha value is -2.81. The summed E-state index contributed by atoms with van der Waals surface area (Å²) in [5.74, 6) is 0.735. The second-order valence-electron chi connectivity index (χ2n) is 4.47. The zero-order valence-electron chi connectivity index (χ0n) is 11.6. The number of nitriles is 1. The van der Waals surface area contributed by atoms with E-state index in [-0.39, 0.29) is 17.3 Å². The van der Waals surface area contributed by atoms with Gasteiger partial charge in [0.1, 0.15) is 23.2 Å². The fourth-order valence-electron chi connectivity index (χ4n) is 2.20. The molecular weight excluding hydrogens is 254 g/mol. The molecule has 0 amide bonds. The standard InChI is InChI=1S/C14H15N5O/c1-7-4-8(2)12(20-3)9(5-7)11-10(6-15)13(16)19-14(17)18-11/h4-5H,1-3H3,(H4,16,17,18,19). The van der Waals surface area contributed by atoms with Gasteiger partial charge in [0.05, 0.1) is 12.8 Å². The molecule has 6 nitrogen and oxygen atoms in total. The molecule has 0 aliphatic carbocycles. The number of rotatable bonds is 2. The number of nitrogen functional groups attached to an aromatic ring is 2. The summed E-state index contributed by atoms with van der Waals surface area (Å²) in [6.45, 7) is 3.88. The minimum atomic E-state index is 0.0257. The summed E-state index contributed by atoms with van der Waals surface area (Å²) in [6.07, 6.45) is 0. The largest absolute Gasteiger partial charge is 0.496 e. The summed E-state index contributed by atoms with van der Waals surface area (Å²) in [7, 11) is 1.57. The Bertz CT molecular complexity index is 718. The Kier molecular flexibility index (Phi) is 3.44. The third-order valence-corrected chi connectivity index (χ3v) is 2.94. The Morgan fingerprint density at radius 3 is 2.50 bits per heavy atom. The molecule has 1 heterocycles. The molecule has 0 saturated carbocycles. The number of aryl methyl sites for hydroxylation is 2. The molecular formula is C14H15N5O. The molecule has 0 atom stereocenters. The number of nitrogens with two attached hydrogens (primary N) is 2. The predicted molar refractivity (Wildman–Crippen MR) is 77.0 cm³/mol. The van der Waals surface area contributed by atoms with Crippen LogP contribution in [0.1, 0.15) is 16.7 Å². The van der Waals surface area contributed by atoms with Gasteiger partial charge in [0, 0.05) is 5.56 Å². The van der Waals surface area contributed by atoms with Crippen LogP contribution in [0.4, 0.5) is 11.8 Å². The van der Waals surface area contributed by atoms with Gasteiger partial charge in [-0.25, -0.2) is 4.98 Å². The monoisotopic (exact) mass is 269 g/mol. The van der Waals surface area contributed by atoms with E-state index in [1.54, 1.807) is 7.11 Å². The van der Waals surface area contributed by atoms with Crippen LogP contribution in [0.5, 0.6) is 5.75 Å². The summed E-state index contributed by atoms with van der Waals surface area (Å²) in [5.41, 5.74) is 14.6. The average molecular weight is 269 g/mol. The Labute approximate surface area is 117 Å². The second-order valence-corrected chi connectivity index (χ2v) is 4.47. The highest BCUT2D eigenvalue weighted by Gasteiger charge is 2.18. The number of ether oxygens (including phenoxy) is 1. The van der Waals surface area contributed by atoms with Gasteiger partial charge in [-0.3, -0.25) is 0 Å². The molecule has 102 valence electrons. The fraction of sp³-hybridized carbons (Fsp3) is 0.214. The van der Waals surface area contributed by atoms with Gasteiger partial charge in [-0.15, -0.1) is 0 Å². The Morgan fingerprint density at radius 1 is 1.20 bits per heavy atom. The molecule has 0 bridgehead atoms. The molecule has 0 fully saturated rings. The van der Waals surface area contributed by atoms with Crippen molar-refractivity contribution in [1.29, 1.82) is 5.26 Å². The van der Waals surface area contributed by atoms with Crippen molar-refractivity contribution in [2.45, 2.75) is 13.8 Å². The number of nitrogens with zero attached hydrogens (tertiary/aromatic N) is 3.